The minimum Gasteiger partial charge on any atom is -1.00 e. The van der Waals surface area contributed by atoms with Gasteiger partial charge in [0.2, 0.25) is 0 Å². The van der Waals surface area contributed by atoms with Gasteiger partial charge in [-0.3, -0.25) is 4.79 Å². The van der Waals surface area contributed by atoms with E-state index in [2.05, 4.69) is 4.74 Å². The van der Waals surface area contributed by atoms with Gasteiger partial charge in [0, 0.05) is 0 Å². The van der Waals surface area contributed by atoms with Crippen LogP contribution in [-0.2, 0) is 14.3 Å². The molecule has 0 heterocycles. The van der Waals surface area contributed by atoms with Crippen molar-refractivity contribution in [2.75, 3.05) is 7.11 Å². The Labute approximate surface area is 82.5 Å². The van der Waals surface area contributed by atoms with Crippen molar-refractivity contribution in [2.45, 2.75) is 12.5 Å². The molecular formula is C5H10MgO5. The van der Waals surface area contributed by atoms with E-state index in [1.165, 1.54) is 0 Å². The fourth-order valence-corrected chi connectivity index (χ4v) is 0.385. The number of methoxy groups -OCH3 is 1. The van der Waals surface area contributed by atoms with Gasteiger partial charge in [-0.05, 0) is 0 Å². The molecule has 0 amide bonds. The fourth-order valence-electron chi connectivity index (χ4n) is 0.385. The summed E-state index contributed by atoms with van der Waals surface area (Å²) < 4.78 is 4.06. The molecule has 0 bridgehead atoms. The molecule has 0 saturated heterocycles. The van der Waals surface area contributed by atoms with Gasteiger partial charge in [-0.1, -0.05) is 0 Å². The van der Waals surface area contributed by atoms with Gasteiger partial charge in [0.15, 0.2) is 6.10 Å². The standard InChI is InChI=1S/C5H8O5.Mg.2H/c1-10-5(9)3(6)2-4(7)8;;;/h3,6H,2H2,1H3,(H,7,8);;;/q;+2;2*-1. The van der Waals surface area contributed by atoms with E-state index in [4.69, 9.17) is 10.2 Å². The maximum Gasteiger partial charge on any atom is 2.00 e. The van der Waals surface area contributed by atoms with E-state index in [1.54, 1.807) is 0 Å². The van der Waals surface area contributed by atoms with Gasteiger partial charge in [0.25, 0.3) is 0 Å². The number of aliphatic hydroxyl groups excluding tert-OH is 1. The first-order valence-electron chi connectivity index (χ1n) is 2.55. The Bertz CT molecular complexity index is 154. The van der Waals surface area contributed by atoms with E-state index >= 15 is 0 Å². The van der Waals surface area contributed by atoms with Gasteiger partial charge in [0.05, 0.1) is 13.5 Å². The van der Waals surface area contributed by atoms with Crippen molar-refractivity contribution < 1.29 is 27.4 Å². The molecule has 5 nitrogen and oxygen atoms in total. The average molecular weight is 174 g/mol. The van der Waals surface area contributed by atoms with Crippen molar-refractivity contribution in [2.24, 2.45) is 0 Å². The summed E-state index contributed by atoms with van der Waals surface area (Å²) >= 11 is 0. The van der Waals surface area contributed by atoms with Crippen LogP contribution in [0, 0.1) is 0 Å². The van der Waals surface area contributed by atoms with Gasteiger partial charge in [-0.25, -0.2) is 4.79 Å². The summed E-state index contributed by atoms with van der Waals surface area (Å²) in [5, 5.41) is 16.7. The third kappa shape index (κ3) is 6.08. The van der Waals surface area contributed by atoms with Gasteiger partial charge in [-0.2, -0.15) is 0 Å². The molecule has 0 aromatic rings. The number of carbonyl (C=O) groups excluding carboxylic acids is 1. The summed E-state index contributed by atoms with van der Waals surface area (Å²) in [5.74, 6) is -2.17. The maximum atomic E-state index is 10.3. The second-order valence-corrected chi connectivity index (χ2v) is 1.64. The first-order valence-corrected chi connectivity index (χ1v) is 2.55. The Morgan fingerprint density at radius 2 is 2.09 bits per heavy atom. The minimum atomic E-state index is -1.55. The van der Waals surface area contributed by atoms with Gasteiger partial charge >= 0.3 is 35.0 Å². The predicted molar refractivity (Wildman–Crippen MR) is 38.3 cm³/mol. The van der Waals surface area contributed by atoms with Crippen LogP contribution in [0.15, 0.2) is 0 Å². The van der Waals surface area contributed by atoms with Crippen molar-refractivity contribution in [3.05, 3.63) is 0 Å². The molecule has 0 aromatic carbocycles. The molecule has 0 spiro atoms. The molecule has 6 heteroatoms. The second-order valence-electron chi connectivity index (χ2n) is 1.64. The van der Waals surface area contributed by atoms with Crippen LogP contribution in [0.25, 0.3) is 0 Å². The first-order chi connectivity index (χ1) is 4.57. The molecule has 0 radical (unpaired) electrons. The SMILES string of the molecule is COC(=O)C(O)CC(=O)O.[H-].[H-].[Mg+2]. The molecule has 1 atom stereocenters. The van der Waals surface area contributed by atoms with E-state index in [0.717, 1.165) is 7.11 Å². The van der Waals surface area contributed by atoms with Crippen molar-refractivity contribution in [1.82, 2.24) is 0 Å². The van der Waals surface area contributed by atoms with Crippen molar-refractivity contribution in [1.29, 1.82) is 0 Å². The molecule has 0 fully saturated rings. The van der Waals surface area contributed by atoms with Crippen LogP contribution in [0.2, 0.25) is 0 Å². The Kier molecular flexibility index (Phi) is 7.70. The van der Waals surface area contributed by atoms with Crippen molar-refractivity contribution in [3.63, 3.8) is 0 Å². The number of aliphatic carboxylic acids is 1. The van der Waals surface area contributed by atoms with Gasteiger partial charge in [0.1, 0.15) is 0 Å². The van der Waals surface area contributed by atoms with Gasteiger partial charge in [-0.15, -0.1) is 0 Å². The normalized spacial score (nSPS) is 11.1. The summed E-state index contributed by atoms with van der Waals surface area (Å²) in [6.07, 6.45) is -2.17. The molecule has 0 saturated carbocycles. The zero-order valence-electron chi connectivity index (χ0n) is 8.11. The van der Waals surface area contributed by atoms with Gasteiger partial charge < -0.3 is 17.8 Å². The van der Waals surface area contributed by atoms with Crippen molar-refractivity contribution >= 4 is 35.0 Å². The fraction of sp³-hybridized carbons (Fsp3) is 0.600. The van der Waals surface area contributed by atoms with E-state index in [0.29, 0.717) is 0 Å². The molecule has 0 aliphatic rings. The van der Waals surface area contributed by atoms with Crippen LogP contribution in [0.4, 0.5) is 0 Å². The number of aliphatic hydroxyl groups is 1. The van der Waals surface area contributed by atoms with E-state index in [1.807, 2.05) is 0 Å². The zero-order valence-corrected chi connectivity index (χ0v) is 7.52. The van der Waals surface area contributed by atoms with E-state index < -0.39 is 24.5 Å². The largest absolute Gasteiger partial charge is 2.00 e. The number of esters is 1. The summed E-state index contributed by atoms with van der Waals surface area (Å²) in [7, 11) is 1.08. The molecule has 0 rings (SSSR count). The molecular weight excluding hydrogens is 164 g/mol. The van der Waals surface area contributed by atoms with E-state index in [9.17, 15) is 9.59 Å². The minimum absolute atomic E-state index is 0. The Hall–Kier alpha value is -0.334. The summed E-state index contributed by atoms with van der Waals surface area (Å²) in [6, 6.07) is 0. The number of ether oxygens (including phenoxy) is 1. The number of hydrogen-bond donors (Lipinski definition) is 2. The molecule has 0 aromatic heterocycles. The van der Waals surface area contributed by atoms with E-state index in [-0.39, 0.29) is 25.9 Å². The Morgan fingerprint density at radius 3 is 2.36 bits per heavy atom. The molecule has 0 aliphatic heterocycles. The quantitative estimate of drug-likeness (QED) is 0.416. The third-order valence-corrected chi connectivity index (χ3v) is 0.841. The van der Waals surface area contributed by atoms with Crippen LogP contribution >= 0.6 is 0 Å². The monoisotopic (exact) mass is 174 g/mol. The van der Waals surface area contributed by atoms with Crippen molar-refractivity contribution in [3.8, 4) is 0 Å². The topological polar surface area (TPSA) is 83.8 Å². The van der Waals surface area contributed by atoms with Crippen LogP contribution in [-0.4, -0.2) is 58.4 Å². The number of hydrogen-bond acceptors (Lipinski definition) is 4. The molecule has 11 heavy (non-hydrogen) atoms. The maximum absolute atomic E-state index is 10.3. The first kappa shape index (κ1) is 13.3. The zero-order chi connectivity index (χ0) is 8.15. The predicted octanol–water partition coefficient (Wildman–Crippen LogP) is -1.16. The molecule has 2 N–H and O–H groups in total. The summed E-state index contributed by atoms with van der Waals surface area (Å²) in [4.78, 5) is 20.2. The third-order valence-electron chi connectivity index (χ3n) is 0.841. The van der Waals surface area contributed by atoms with Crippen LogP contribution in [0.1, 0.15) is 9.27 Å². The Balaban J connectivity index is -0.000000135. The van der Waals surface area contributed by atoms with Crippen LogP contribution < -0.4 is 0 Å². The average Bonchev–Trinajstić information content (AvgIpc) is 1.85. The molecule has 0 aliphatic carbocycles. The number of carboxylic acids is 1. The summed E-state index contributed by atoms with van der Waals surface area (Å²) in [6.45, 7) is 0. The van der Waals surface area contributed by atoms with Crippen LogP contribution in [0.3, 0.4) is 0 Å². The number of carbonyl (C=O) groups is 2. The Morgan fingerprint density at radius 1 is 1.64 bits per heavy atom. The second kappa shape index (κ2) is 6.38. The molecule has 1 unspecified atom stereocenters. The molecule has 62 valence electrons. The van der Waals surface area contributed by atoms with Crippen LogP contribution in [0.5, 0.6) is 0 Å². The number of carboxylic acid groups (broad SMARTS) is 1. The smallest absolute Gasteiger partial charge is 1.00 e. The summed E-state index contributed by atoms with van der Waals surface area (Å²) in [5.41, 5.74) is 0. The number of rotatable bonds is 3.